The summed E-state index contributed by atoms with van der Waals surface area (Å²) in [5.74, 6) is -0.171. The second-order valence-corrected chi connectivity index (χ2v) is 6.52. The van der Waals surface area contributed by atoms with Crippen LogP contribution in [0.1, 0.15) is 26.7 Å². The number of hydrogen-bond acceptors (Lipinski definition) is 4. The normalized spacial score (nSPS) is 20.6. The lowest BCUT2D eigenvalue weighted by molar-refractivity contribution is -0.150. The van der Waals surface area contributed by atoms with Crippen LogP contribution in [0.5, 0.6) is 0 Å². The Hall–Kier alpha value is -2.33. The minimum atomic E-state index is -0.317. The Bertz CT molecular complexity index is 666. The predicted molar refractivity (Wildman–Crippen MR) is 108 cm³/mol. The van der Waals surface area contributed by atoms with Crippen molar-refractivity contribution in [1.29, 1.82) is 0 Å². The molecule has 0 amide bonds. The number of hydrogen-bond donors (Lipinski definition) is 0. The largest absolute Gasteiger partial charge is 0.465 e. The zero-order valence-electron chi connectivity index (χ0n) is 16.1. The first-order valence-corrected chi connectivity index (χ1v) is 9.17. The van der Waals surface area contributed by atoms with Gasteiger partial charge in [-0.3, -0.25) is 9.69 Å². The lowest BCUT2D eigenvalue weighted by Gasteiger charge is -2.44. The van der Waals surface area contributed by atoms with Crippen LogP contribution in [-0.2, 0) is 9.53 Å². The number of benzene rings is 1. The van der Waals surface area contributed by atoms with E-state index < -0.39 is 0 Å². The molecule has 26 heavy (non-hydrogen) atoms. The number of ether oxygens (including phenoxy) is 1. The van der Waals surface area contributed by atoms with Crippen molar-refractivity contribution in [2.75, 3.05) is 25.1 Å². The first-order chi connectivity index (χ1) is 12.5. The van der Waals surface area contributed by atoms with Crippen LogP contribution < -0.4 is 4.90 Å². The van der Waals surface area contributed by atoms with Crippen LogP contribution in [0.25, 0.3) is 0 Å². The van der Waals surface area contributed by atoms with Crippen molar-refractivity contribution in [2.24, 2.45) is 0 Å². The van der Waals surface area contributed by atoms with Gasteiger partial charge in [-0.25, -0.2) is 0 Å². The van der Waals surface area contributed by atoms with Crippen LogP contribution in [0.4, 0.5) is 5.69 Å². The molecule has 0 spiro atoms. The van der Waals surface area contributed by atoms with Gasteiger partial charge in [-0.1, -0.05) is 30.4 Å². The number of anilines is 1. The van der Waals surface area contributed by atoms with Crippen LogP contribution in [-0.4, -0.2) is 43.2 Å². The first kappa shape index (κ1) is 20.0. The number of para-hydroxylation sites is 1. The van der Waals surface area contributed by atoms with Crippen LogP contribution in [0.3, 0.4) is 0 Å². The Labute approximate surface area is 157 Å². The van der Waals surface area contributed by atoms with Crippen molar-refractivity contribution >= 4 is 11.7 Å². The average Bonchev–Trinajstić information content (AvgIpc) is 2.65. The third kappa shape index (κ3) is 4.25. The van der Waals surface area contributed by atoms with Crippen molar-refractivity contribution in [1.82, 2.24) is 4.90 Å². The number of esters is 1. The first-order valence-electron chi connectivity index (χ1n) is 9.17. The van der Waals surface area contributed by atoms with E-state index in [0.29, 0.717) is 19.6 Å². The molecule has 1 aliphatic heterocycles. The van der Waals surface area contributed by atoms with E-state index in [2.05, 4.69) is 49.1 Å². The van der Waals surface area contributed by atoms with Gasteiger partial charge in [0, 0.05) is 37.4 Å². The fraction of sp³-hybridized carbons (Fsp3) is 0.409. The SMILES string of the molecule is C=CC[C@H]1C(C)=C(N(C)c2ccccc2)C[C@@H](C(=O)OCC)N1CC=C. The molecule has 140 valence electrons. The lowest BCUT2D eigenvalue weighted by atomic mass is 9.89. The van der Waals surface area contributed by atoms with Gasteiger partial charge in [-0.05, 0) is 38.0 Å². The molecule has 0 saturated heterocycles. The number of rotatable bonds is 8. The van der Waals surface area contributed by atoms with Gasteiger partial charge in [0.1, 0.15) is 6.04 Å². The molecule has 0 aliphatic carbocycles. The summed E-state index contributed by atoms with van der Waals surface area (Å²) in [5, 5.41) is 0. The highest BCUT2D eigenvalue weighted by Crippen LogP contribution is 2.34. The Kier molecular flexibility index (Phi) is 7.22. The molecule has 2 rings (SSSR count). The van der Waals surface area contributed by atoms with Gasteiger partial charge in [0.05, 0.1) is 6.61 Å². The predicted octanol–water partition coefficient (Wildman–Crippen LogP) is 4.16. The van der Waals surface area contributed by atoms with E-state index in [1.807, 2.05) is 37.3 Å². The third-order valence-electron chi connectivity index (χ3n) is 4.98. The van der Waals surface area contributed by atoms with Crippen molar-refractivity contribution in [3.8, 4) is 0 Å². The van der Waals surface area contributed by atoms with E-state index in [0.717, 1.165) is 12.1 Å². The molecule has 0 N–H and O–H groups in total. The molecule has 1 aromatic carbocycles. The maximum Gasteiger partial charge on any atom is 0.323 e. The molecular formula is C22H30N2O2. The summed E-state index contributed by atoms with van der Waals surface area (Å²) in [6, 6.07) is 10.0. The molecule has 0 unspecified atom stereocenters. The standard InChI is InChI=1S/C22H30N2O2/c1-6-12-19-17(4)20(23(5)18-13-10-9-11-14-18)16-21(22(25)26-8-3)24(19)15-7-2/h6-7,9-11,13-14,19,21H,1-2,8,12,15-16H2,3-5H3/t19-,21-/m0/s1. The second kappa shape index (κ2) is 9.39. The van der Waals surface area contributed by atoms with Crippen molar-refractivity contribution < 1.29 is 9.53 Å². The minimum Gasteiger partial charge on any atom is -0.465 e. The monoisotopic (exact) mass is 354 g/mol. The van der Waals surface area contributed by atoms with Crippen LogP contribution in [0.2, 0.25) is 0 Å². The summed E-state index contributed by atoms with van der Waals surface area (Å²) in [7, 11) is 2.06. The van der Waals surface area contributed by atoms with E-state index in [-0.39, 0.29) is 18.1 Å². The summed E-state index contributed by atoms with van der Waals surface area (Å²) in [6.07, 6.45) is 5.17. The fourth-order valence-corrected chi connectivity index (χ4v) is 3.66. The van der Waals surface area contributed by atoms with Crippen LogP contribution >= 0.6 is 0 Å². The van der Waals surface area contributed by atoms with E-state index in [1.54, 1.807) is 0 Å². The summed E-state index contributed by atoms with van der Waals surface area (Å²) in [4.78, 5) is 17.0. The lowest BCUT2D eigenvalue weighted by Crippen LogP contribution is -2.53. The second-order valence-electron chi connectivity index (χ2n) is 6.52. The molecule has 1 heterocycles. The molecule has 0 radical (unpaired) electrons. The molecule has 4 heteroatoms. The van der Waals surface area contributed by atoms with Gasteiger partial charge in [0.25, 0.3) is 0 Å². The van der Waals surface area contributed by atoms with Crippen LogP contribution in [0.15, 0.2) is 66.9 Å². The van der Waals surface area contributed by atoms with Gasteiger partial charge in [0.15, 0.2) is 0 Å². The third-order valence-corrected chi connectivity index (χ3v) is 4.98. The summed E-state index contributed by atoms with van der Waals surface area (Å²) < 4.78 is 5.37. The highest BCUT2D eigenvalue weighted by Gasteiger charge is 2.39. The van der Waals surface area contributed by atoms with Gasteiger partial charge in [-0.15, -0.1) is 13.2 Å². The average molecular weight is 354 g/mol. The number of nitrogens with zero attached hydrogens (tertiary/aromatic N) is 2. The van der Waals surface area contributed by atoms with Gasteiger partial charge >= 0.3 is 5.97 Å². The van der Waals surface area contributed by atoms with Gasteiger partial charge in [0.2, 0.25) is 0 Å². The fourth-order valence-electron chi connectivity index (χ4n) is 3.66. The Morgan fingerprint density at radius 3 is 2.58 bits per heavy atom. The summed E-state index contributed by atoms with van der Waals surface area (Å²) in [5.41, 5.74) is 3.54. The molecule has 0 fully saturated rings. The summed E-state index contributed by atoms with van der Waals surface area (Å²) >= 11 is 0. The molecule has 0 bridgehead atoms. The number of carbonyl (C=O) groups is 1. The Morgan fingerprint density at radius 1 is 1.31 bits per heavy atom. The molecule has 0 saturated carbocycles. The van der Waals surface area contributed by atoms with Gasteiger partial charge in [-0.2, -0.15) is 0 Å². The van der Waals surface area contributed by atoms with E-state index >= 15 is 0 Å². The Balaban J connectivity index is 2.46. The van der Waals surface area contributed by atoms with E-state index in [4.69, 9.17) is 4.74 Å². The van der Waals surface area contributed by atoms with Crippen molar-refractivity contribution in [3.63, 3.8) is 0 Å². The zero-order valence-corrected chi connectivity index (χ0v) is 16.1. The minimum absolute atomic E-state index is 0.106. The number of carbonyl (C=O) groups excluding carboxylic acids is 1. The molecule has 1 aromatic rings. The van der Waals surface area contributed by atoms with E-state index in [9.17, 15) is 4.79 Å². The zero-order chi connectivity index (χ0) is 19.1. The molecule has 1 aliphatic rings. The highest BCUT2D eigenvalue weighted by atomic mass is 16.5. The van der Waals surface area contributed by atoms with Crippen molar-refractivity contribution in [3.05, 3.63) is 66.9 Å². The maximum absolute atomic E-state index is 12.7. The molecule has 4 nitrogen and oxygen atoms in total. The maximum atomic E-state index is 12.7. The van der Waals surface area contributed by atoms with Crippen LogP contribution in [0, 0.1) is 0 Å². The smallest absolute Gasteiger partial charge is 0.323 e. The Morgan fingerprint density at radius 2 is 2.00 bits per heavy atom. The quantitative estimate of drug-likeness (QED) is 0.518. The summed E-state index contributed by atoms with van der Waals surface area (Å²) in [6.45, 7) is 12.8. The highest BCUT2D eigenvalue weighted by molar-refractivity contribution is 5.77. The van der Waals surface area contributed by atoms with Crippen molar-refractivity contribution in [2.45, 2.75) is 38.8 Å². The molecule has 2 atom stereocenters. The molecule has 0 aromatic heterocycles. The van der Waals surface area contributed by atoms with Gasteiger partial charge < -0.3 is 9.64 Å². The van der Waals surface area contributed by atoms with E-state index in [1.165, 1.54) is 11.3 Å². The molecular weight excluding hydrogens is 324 g/mol. The topological polar surface area (TPSA) is 32.8 Å².